The smallest absolute Gasteiger partial charge is 0.146 e. The highest BCUT2D eigenvalue weighted by Gasteiger charge is 2.20. The summed E-state index contributed by atoms with van der Waals surface area (Å²) >= 11 is 9.02. The average molecular weight is 360 g/mol. The fraction of sp³-hybridized carbons (Fsp3) is 0.200. The minimum atomic E-state index is -0.826. The maximum Gasteiger partial charge on any atom is 0.146 e. The van der Waals surface area contributed by atoms with E-state index in [1.54, 1.807) is 6.92 Å². The Morgan fingerprint density at radius 1 is 1.35 bits per heavy atom. The van der Waals surface area contributed by atoms with Crippen molar-refractivity contribution in [2.75, 3.05) is 0 Å². The Bertz CT molecular complexity index is 603. The van der Waals surface area contributed by atoms with Gasteiger partial charge in [-0.3, -0.25) is 0 Å². The monoisotopic (exact) mass is 358 g/mol. The minimum absolute atomic E-state index is 0.0621. The van der Waals surface area contributed by atoms with Crippen molar-refractivity contribution in [1.29, 1.82) is 0 Å². The third-order valence-electron chi connectivity index (χ3n) is 2.82. The van der Waals surface area contributed by atoms with Crippen molar-refractivity contribution in [3.8, 4) is 5.75 Å². The molecule has 2 nitrogen and oxygen atoms in total. The zero-order valence-corrected chi connectivity index (χ0v) is 13.1. The molecule has 0 aliphatic heterocycles. The molecular weight excluding hydrogens is 347 g/mol. The van der Waals surface area contributed by atoms with Crippen molar-refractivity contribution in [2.45, 2.75) is 19.6 Å². The first-order valence-corrected chi connectivity index (χ1v) is 7.20. The molecular formula is C15H13BrClFO2. The number of hydrogen-bond acceptors (Lipinski definition) is 2. The average Bonchev–Trinajstić information content (AvgIpc) is 2.43. The highest BCUT2D eigenvalue weighted by molar-refractivity contribution is 9.10. The largest absolute Gasteiger partial charge is 0.488 e. The van der Waals surface area contributed by atoms with E-state index in [1.165, 1.54) is 6.07 Å². The van der Waals surface area contributed by atoms with Crippen LogP contribution < -0.4 is 4.74 Å². The molecule has 0 saturated heterocycles. The Morgan fingerprint density at radius 2 is 2.00 bits per heavy atom. The van der Waals surface area contributed by atoms with Gasteiger partial charge in [0, 0.05) is 16.1 Å². The minimum Gasteiger partial charge on any atom is -0.488 e. The standard InChI is InChI=1S/C15H13BrClFO2/c1-9(19)13-12(7-11(18)15(17)14(13)16)20-8-10-5-3-2-4-6-10/h2-7,9,19H,8H2,1H3. The summed E-state index contributed by atoms with van der Waals surface area (Å²) in [4.78, 5) is 0. The van der Waals surface area contributed by atoms with E-state index in [1.807, 2.05) is 30.3 Å². The topological polar surface area (TPSA) is 29.5 Å². The van der Waals surface area contributed by atoms with Gasteiger partial charge < -0.3 is 9.84 Å². The lowest BCUT2D eigenvalue weighted by atomic mass is 10.1. The van der Waals surface area contributed by atoms with Gasteiger partial charge in [-0.1, -0.05) is 41.9 Å². The summed E-state index contributed by atoms with van der Waals surface area (Å²) in [5, 5.41) is 9.74. The predicted octanol–water partition coefficient (Wildman–Crippen LogP) is 4.87. The first-order valence-electron chi connectivity index (χ1n) is 6.03. The van der Waals surface area contributed by atoms with E-state index >= 15 is 0 Å². The fourth-order valence-electron chi connectivity index (χ4n) is 1.83. The Kier molecular flexibility index (Phi) is 5.02. The lowest BCUT2D eigenvalue weighted by molar-refractivity contribution is 0.189. The molecule has 2 aromatic carbocycles. The lowest BCUT2D eigenvalue weighted by Gasteiger charge is -2.16. The molecule has 0 aromatic heterocycles. The molecule has 0 aliphatic carbocycles. The second-order valence-electron chi connectivity index (χ2n) is 4.35. The van der Waals surface area contributed by atoms with Crippen molar-refractivity contribution >= 4 is 27.5 Å². The van der Waals surface area contributed by atoms with Crippen LogP contribution in [0.15, 0.2) is 40.9 Å². The SMILES string of the molecule is CC(O)c1c(OCc2ccccc2)cc(F)c(Cl)c1Br. The molecule has 5 heteroatoms. The molecule has 2 rings (SSSR count). The van der Waals surface area contributed by atoms with Gasteiger partial charge in [0.2, 0.25) is 0 Å². The van der Waals surface area contributed by atoms with Gasteiger partial charge >= 0.3 is 0 Å². The van der Waals surface area contributed by atoms with Gasteiger partial charge in [0.05, 0.1) is 11.1 Å². The van der Waals surface area contributed by atoms with Crippen LogP contribution in [0, 0.1) is 5.82 Å². The second kappa shape index (κ2) is 6.57. The first-order chi connectivity index (χ1) is 9.50. The molecule has 0 bridgehead atoms. The lowest BCUT2D eigenvalue weighted by Crippen LogP contribution is -2.03. The molecule has 0 fully saturated rings. The van der Waals surface area contributed by atoms with Crippen LogP contribution in [0.1, 0.15) is 24.2 Å². The van der Waals surface area contributed by atoms with E-state index in [0.29, 0.717) is 10.0 Å². The molecule has 1 N–H and O–H groups in total. The Hall–Kier alpha value is -1.10. The van der Waals surface area contributed by atoms with Crippen LogP contribution in [-0.4, -0.2) is 5.11 Å². The van der Waals surface area contributed by atoms with Crippen LogP contribution in [0.4, 0.5) is 4.39 Å². The van der Waals surface area contributed by atoms with Crippen molar-refractivity contribution in [2.24, 2.45) is 0 Å². The summed E-state index contributed by atoms with van der Waals surface area (Å²) in [5.41, 5.74) is 1.39. The Labute approximate surface area is 130 Å². The van der Waals surface area contributed by atoms with Gasteiger partial charge in [-0.2, -0.15) is 0 Å². The number of hydrogen-bond donors (Lipinski definition) is 1. The summed E-state index contributed by atoms with van der Waals surface area (Å²) in [7, 11) is 0. The van der Waals surface area contributed by atoms with E-state index in [4.69, 9.17) is 16.3 Å². The van der Waals surface area contributed by atoms with Gasteiger partial charge in [-0.05, 0) is 28.4 Å². The number of rotatable bonds is 4. The van der Waals surface area contributed by atoms with E-state index in [2.05, 4.69) is 15.9 Å². The van der Waals surface area contributed by atoms with Crippen LogP contribution >= 0.6 is 27.5 Å². The molecule has 1 unspecified atom stereocenters. The number of benzene rings is 2. The predicted molar refractivity (Wildman–Crippen MR) is 80.5 cm³/mol. The molecule has 0 aliphatic rings. The van der Waals surface area contributed by atoms with Crippen LogP contribution in [0.25, 0.3) is 0 Å². The number of aliphatic hydroxyl groups is 1. The van der Waals surface area contributed by atoms with Gasteiger partial charge in [-0.25, -0.2) is 4.39 Å². The molecule has 0 heterocycles. The van der Waals surface area contributed by atoms with E-state index < -0.39 is 11.9 Å². The van der Waals surface area contributed by atoms with Crippen molar-refractivity contribution < 1.29 is 14.2 Å². The Morgan fingerprint density at radius 3 is 2.60 bits per heavy atom. The molecule has 0 amide bonds. The summed E-state index contributed by atoms with van der Waals surface area (Å²) in [6.45, 7) is 1.86. The van der Waals surface area contributed by atoms with Gasteiger partial charge in [-0.15, -0.1) is 0 Å². The van der Waals surface area contributed by atoms with Crippen LogP contribution in [0.2, 0.25) is 5.02 Å². The van der Waals surface area contributed by atoms with E-state index in [0.717, 1.165) is 5.56 Å². The van der Waals surface area contributed by atoms with Crippen molar-refractivity contribution in [3.05, 3.63) is 62.8 Å². The van der Waals surface area contributed by atoms with Crippen LogP contribution in [0.5, 0.6) is 5.75 Å². The van der Waals surface area contributed by atoms with Crippen molar-refractivity contribution in [1.82, 2.24) is 0 Å². The molecule has 1 atom stereocenters. The third-order valence-corrected chi connectivity index (χ3v) is 4.24. The van der Waals surface area contributed by atoms with Gasteiger partial charge in [0.1, 0.15) is 18.2 Å². The maximum absolute atomic E-state index is 13.7. The molecule has 0 saturated carbocycles. The molecule has 0 spiro atoms. The molecule has 2 aromatic rings. The summed E-state index contributed by atoms with van der Waals surface area (Å²) in [6.07, 6.45) is -0.826. The summed E-state index contributed by atoms with van der Waals surface area (Å²) in [5.74, 6) is -0.316. The zero-order chi connectivity index (χ0) is 14.7. The molecule has 20 heavy (non-hydrogen) atoms. The summed E-state index contributed by atoms with van der Waals surface area (Å²) in [6, 6.07) is 10.7. The molecule has 106 valence electrons. The van der Waals surface area contributed by atoms with Gasteiger partial charge in [0.15, 0.2) is 0 Å². The zero-order valence-electron chi connectivity index (χ0n) is 10.7. The number of aliphatic hydroxyl groups excluding tert-OH is 1. The first kappa shape index (κ1) is 15.3. The van der Waals surface area contributed by atoms with Crippen LogP contribution in [-0.2, 0) is 6.61 Å². The van der Waals surface area contributed by atoms with E-state index in [9.17, 15) is 9.50 Å². The Balaban J connectivity index is 2.31. The van der Waals surface area contributed by atoms with Gasteiger partial charge in [0.25, 0.3) is 0 Å². The number of halogens is 3. The fourth-order valence-corrected chi connectivity index (χ4v) is 2.70. The van der Waals surface area contributed by atoms with Crippen LogP contribution in [0.3, 0.4) is 0 Å². The highest BCUT2D eigenvalue weighted by Crippen LogP contribution is 2.39. The number of ether oxygens (including phenoxy) is 1. The maximum atomic E-state index is 13.7. The quantitative estimate of drug-likeness (QED) is 0.789. The van der Waals surface area contributed by atoms with E-state index in [-0.39, 0.29) is 17.4 Å². The summed E-state index contributed by atoms with van der Waals surface area (Å²) < 4.78 is 19.6. The molecule has 0 radical (unpaired) electrons. The van der Waals surface area contributed by atoms with Crippen molar-refractivity contribution in [3.63, 3.8) is 0 Å². The third kappa shape index (κ3) is 3.32. The normalized spacial score (nSPS) is 12.2. The highest BCUT2D eigenvalue weighted by atomic mass is 79.9. The second-order valence-corrected chi connectivity index (χ2v) is 5.52.